The van der Waals surface area contributed by atoms with E-state index >= 15 is 0 Å². The zero-order valence-electron chi connectivity index (χ0n) is 15.8. The number of amides is 1. The Morgan fingerprint density at radius 3 is 2.96 bits per heavy atom. The Morgan fingerprint density at radius 2 is 2.07 bits per heavy atom. The van der Waals surface area contributed by atoms with Crippen LogP contribution in [0.1, 0.15) is 29.8 Å². The van der Waals surface area contributed by atoms with Gasteiger partial charge in [0.1, 0.15) is 24.0 Å². The summed E-state index contributed by atoms with van der Waals surface area (Å²) < 4.78 is 13.6. The standard InChI is InChI=1S/C20H21N5O3/c1-12-11-27-17-10-25-18-15(8-22-25)20(26)21-7-13(2)28-16-6-4-3-5-14(16)9-24(12)19(17)23-18/h3-6,8,10,12-13H,7,9,11H2,1-2H3,(H,21,26)/t12-,13+/m1/s1. The van der Waals surface area contributed by atoms with Crippen LogP contribution >= 0.6 is 0 Å². The molecule has 2 aliphatic heterocycles. The fraction of sp³-hybridized carbons (Fsp3) is 0.350. The summed E-state index contributed by atoms with van der Waals surface area (Å²) >= 11 is 0. The minimum Gasteiger partial charge on any atom is -0.489 e. The van der Waals surface area contributed by atoms with Crippen molar-refractivity contribution in [1.82, 2.24) is 19.9 Å². The summed E-state index contributed by atoms with van der Waals surface area (Å²) in [6.07, 6.45) is 3.15. The minimum absolute atomic E-state index is 0.123. The maximum Gasteiger partial charge on any atom is 0.256 e. The first-order valence-electron chi connectivity index (χ1n) is 9.41. The van der Waals surface area contributed by atoms with Gasteiger partial charge in [-0.15, -0.1) is 0 Å². The quantitative estimate of drug-likeness (QED) is 0.644. The van der Waals surface area contributed by atoms with Crippen LogP contribution in [0.4, 0.5) is 5.82 Å². The number of hydrogen-bond donors (Lipinski definition) is 1. The molecule has 0 spiro atoms. The molecule has 144 valence electrons. The molecule has 4 heterocycles. The topological polar surface area (TPSA) is 81.0 Å². The molecule has 0 saturated heterocycles. The number of rotatable bonds is 0. The molecule has 3 aromatic rings. The molecule has 1 aromatic carbocycles. The number of carbonyl (C=O) groups is 1. The van der Waals surface area contributed by atoms with Crippen molar-refractivity contribution in [3.8, 4) is 11.5 Å². The van der Waals surface area contributed by atoms with Crippen LogP contribution in [0, 0.1) is 0 Å². The Kier molecular flexibility index (Phi) is 3.85. The van der Waals surface area contributed by atoms with E-state index in [0.29, 0.717) is 42.5 Å². The van der Waals surface area contributed by atoms with Gasteiger partial charge in [-0.1, -0.05) is 18.2 Å². The third-order valence-electron chi connectivity index (χ3n) is 5.16. The van der Waals surface area contributed by atoms with Gasteiger partial charge >= 0.3 is 0 Å². The average molecular weight is 379 g/mol. The van der Waals surface area contributed by atoms with Crippen LogP contribution in [-0.4, -0.2) is 45.8 Å². The van der Waals surface area contributed by atoms with Crippen LogP contribution in [0.3, 0.4) is 0 Å². The lowest BCUT2D eigenvalue weighted by atomic mass is 10.1. The maximum atomic E-state index is 12.7. The molecule has 2 aromatic heterocycles. The highest BCUT2D eigenvalue weighted by Gasteiger charge is 2.29. The number of para-hydroxylation sites is 1. The highest BCUT2D eigenvalue weighted by atomic mass is 16.5. The molecule has 1 N–H and O–H groups in total. The molecule has 2 aliphatic rings. The van der Waals surface area contributed by atoms with E-state index in [9.17, 15) is 4.79 Å². The van der Waals surface area contributed by atoms with Crippen molar-refractivity contribution < 1.29 is 14.3 Å². The second-order valence-electron chi connectivity index (χ2n) is 7.29. The van der Waals surface area contributed by atoms with Gasteiger partial charge in [0, 0.05) is 12.1 Å². The number of aromatic nitrogens is 3. The summed E-state index contributed by atoms with van der Waals surface area (Å²) in [6.45, 7) is 5.61. The molecule has 2 bridgehead atoms. The van der Waals surface area contributed by atoms with Crippen molar-refractivity contribution in [1.29, 1.82) is 0 Å². The second-order valence-corrected chi connectivity index (χ2v) is 7.29. The molecule has 0 fully saturated rings. The Balaban J connectivity index is 1.70. The smallest absolute Gasteiger partial charge is 0.256 e. The molecule has 5 rings (SSSR count). The SMILES string of the molecule is C[C@@H]1COc2cn3ncc4c3nc2N1Cc1ccccc1O[C@@H](C)CNC4=O. The van der Waals surface area contributed by atoms with E-state index in [2.05, 4.69) is 28.3 Å². The van der Waals surface area contributed by atoms with Gasteiger partial charge in [-0.3, -0.25) is 4.79 Å². The van der Waals surface area contributed by atoms with Crippen molar-refractivity contribution in [3.05, 3.63) is 47.8 Å². The molecule has 8 nitrogen and oxygen atoms in total. The van der Waals surface area contributed by atoms with Gasteiger partial charge < -0.3 is 19.7 Å². The Hall–Kier alpha value is -3.29. The van der Waals surface area contributed by atoms with E-state index in [1.165, 1.54) is 6.20 Å². The molecule has 8 heteroatoms. The minimum atomic E-state index is -0.221. The van der Waals surface area contributed by atoms with Gasteiger partial charge in [-0.05, 0) is 19.9 Å². The molecule has 0 radical (unpaired) electrons. The average Bonchev–Trinajstić information content (AvgIpc) is 3.10. The third kappa shape index (κ3) is 2.72. The lowest BCUT2D eigenvalue weighted by Crippen LogP contribution is -2.41. The highest BCUT2D eigenvalue weighted by Crippen LogP contribution is 2.35. The summed E-state index contributed by atoms with van der Waals surface area (Å²) in [7, 11) is 0. The normalized spacial score (nSPS) is 21.6. The van der Waals surface area contributed by atoms with Crippen LogP contribution in [0.5, 0.6) is 11.5 Å². The number of nitrogens with one attached hydrogen (secondary N) is 1. The summed E-state index contributed by atoms with van der Waals surface area (Å²) in [5.41, 5.74) is 2.01. The highest BCUT2D eigenvalue weighted by molar-refractivity contribution is 5.99. The summed E-state index contributed by atoms with van der Waals surface area (Å²) in [4.78, 5) is 19.7. The fourth-order valence-electron chi connectivity index (χ4n) is 3.62. The van der Waals surface area contributed by atoms with Gasteiger partial charge in [-0.2, -0.15) is 5.10 Å². The summed E-state index contributed by atoms with van der Waals surface area (Å²) in [5, 5.41) is 7.20. The Bertz CT molecular complexity index is 1060. The van der Waals surface area contributed by atoms with Crippen molar-refractivity contribution >= 4 is 17.4 Å². The molecule has 28 heavy (non-hydrogen) atoms. The van der Waals surface area contributed by atoms with Gasteiger partial charge in [0.15, 0.2) is 17.2 Å². The van der Waals surface area contributed by atoms with Crippen LogP contribution in [0.25, 0.3) is 5.65 Å². The molecule has 2 atom stereocenters. The van der Waals surface area contributed by atoms with E-state index in [1.54, 1.807) is 10.7 Å². The van der Waals surface area contributed by atoms with Crippen molar-refractivity contribution in [2.45, 2.75) is 32.5 Å². The fourth-order valence-corrected chi connectivity index (χ4v) is 3.62. The second kappa shape index (κ2) is 6.40. The predicted molar refractivity (Wildman–Crippen MR) is 103 cm³/mol. The first kappa shape index (κ1) is 16.9. The summed E-state index contributed by atoms with van der Waals surface area (Å²) in [6, 6.07) is 8.11. The lowest BCUT2D eigenvalue weighted by Gasteiger charge is -2.36. The van der Waals surface area contributed by atoms with Crippen molar-refractivity contribution in [2.75, 3.05) is 18.1 Å². The molecule has 0 unspecified atom stereocenters. The molecular weight excluding hydrogens is 358 g/mol. The largest absolute Gasteiger partial charge is 0.489 e. The number of nitrogens with zero attached hydrogens (tertiary/aromatic N) is 4. The lowest BCUT2D eigenvalue weighted by molar-refractivity contribution is 0.0933. The molecule has 0 aliphatic carbocycles. The van der Waals surface area contributed by atoms with Gasteiger partial charge in [0.25, 0.3) is 5.91 Å². The van der Waals surface area contributed by atoms with Gasteiger partial charge in [0.2, 0.25) is 0 Å². The zero-order chi connectivity index (χ0) is 19.3. The number of carbonyl (C=O) groups excluding carboxylic acids is 1. The number of hydrogen-bond acceptors (Lipinski definition) is 6. The van der Waals surface area contributed by atoms with Crippen LogP contribution in [0.2, 0.25) is 0 Å². The summed E-state index contributed by atoms with van der Waals surface area (Å²) in [5.74, 6) is 1.96. The van der Waals surface area contributed by atoms with Gasteiger partial charge in [-0.25, -0.2) is 9.50 Å². The number of fused-ring (bicyclic) bond motifs is 1. The van der Waals surface area contributed by atoms with Gasteiger partial charge in [0.05, 0.1) is 25.0 Å². The van der Waals surface area contributed by atoms with Crippen LogP contribution < -0.4 is 19.7 Å². The van der Waals surface area contributed by atoms with Crippen molar-refractivity contribution in [3.63, 3.8) is 0 Å². The number of anilines is 1. The number of benzene rings is 1. The Morgan fingerprint density at radius 1 is 1.21 bits per heavy atom. The number of ether oxygens (including phenoxy) is 2. The van der Waals surface area contributed by atoms with E-state index in [0.717, 1.165) is 11.3 Å². The van der Waals surface area contributed by atoms with E-state index in [1.807, 2.05) is 25.1 Å². The third-order valence-corrected chi connectivity index (χ3v) is 5.16. The predicted octanol–water partition coefficient (Wildman–Crippen LogP) is 2.03. The molecule has 1 amide bonds. The maximum absolute atomic E-state index is 12.7. The van der Waals surface area contributed by atoms with E-state index < -0.39 is 0 Å². The monoisotopic (exact) mass is 379 g/mol. The van der Waals surface area contributed by atoms with E-state index in [4.69, 9.17) is 14.5 Å². The molecular formula is C20H21N5O3. The molecule has 0 saturated carbocycles. The van der Waals surface area contributed by atoms with E-state index in [-0.39, 0.29) is 18.1 Å². The zero-order valence-corrected chi connectivity index (χ0v) is 15.8. The Labute approximate surface area is 162 Å². The van der Waals surface area contributed by atoms with Crippen LogP contribution in [0.15, 0.2) is 36.7 Å². The van der Waals surface area contributed by atoms with Crippen LogP contribution in [-0.2, 0) is 6.54 Å². The first-order chi connectivity index (χ1) is 13.6. The van der Waals surface area contributed by atoms with Crippen molar-refractivity contribution in [2.24, 2.45) is 0 Å². The first-order valence-corrected chi connectivity index (χ1v) is 9.41.